The molecule has 0 aliphatic carbocycles. The molecule has 1 N–H and O–H groups in total. The zero-order valence-electron chi connectivity index (χ0n) is 9.60. The lowest BCUT2D eigenvalue weighted by molar-refractivity contribution is 0.174. The van der Waals surface area contributed by atoms with E-state index in [1.165, 1.54) is 0 Å². The maximum Gasteiger partial charge on any atom is 0.231 e. The molecule has 0 atom stereocenters. The largest absolute Gasteiger partial charge is 0.454 e. The van der Waals surface area contributed by atoms with Crippen LogP contribution in [-0.4, -0.2) is 21.0 Å². The predicted molar refractivity (Wildman–Crippen MR) is 63.5 cm³/mol. The van der Waals surface area contributed by atoms with Crippen molar-refractivity contribution in [3.8, 4) is 11.5 Å². The molecule has 1 aliphatic heterocycles. The molecule has 1 heterocycles. The minimum absolute atomic E-state index is 0.150. The van der Waals surface area contributed by atoms with Crippen LogP contribution in [0.4, 0.5) is 0 Å². The van der Waals surface area contributed by atoms with Crippen LogP contribution in [0.2, 0.25) is 0 Å². The summed E-state index contributed by atoms with van der Waals surface area (Å²) in [6.45, 7) is 2.33. The summed E-state index contributed by atoms with van der Waals surface area (Å²) < 4.78 is 35.9. The topological polar surface area (TPSA) is 64.6 Å². The fourth-order valence-electron chi connectivity index (χ4n) is 1.59. The highest BCUT2D eigenvalue weighted by atomic mass is 32.2. The molecule has 94 valence electrons. The molecule has 0 saturated heterocycles. The summed E-state index contributed by atoms with van der Waals surface area (Å²) in [5.74, 6) is 1.51. The van der Waals surface area contributed by atoms with Crippen molar-refractivity contribution in [3.63, 3.8) is 0 Å². The van der Waals surface area contributed by atoms with E-state index in [1.54, 1.807) is 12.1 Å². The van der Waals surface area contributed by atoms with Gasteiger partial charge in [-0.15, -0.1) is 0 Å². The third-order valence-corrected chi connectivity index (χ3v) is 3.94. The zero-order chi connectivity index (χ0) is 12.3. The van der Waals surface area contributed by atoms with E-state index >= 15 is 0 Å². The normalized spacial score (nSPS) is 13.9. The molecular weight excluding hydrogens is 242 g/mol. The maximum atomic E-state index is 11.5. The predicted octanol–water partition coefficient (Wildman–Crippen LogP) is 1.24. The molecule has 0 radical (unpaired) electrons. The van der Waals surface area contributed by atoms with Crippen LogP contribution >= 0.6 is 0 Å². The molecule has 2 rings (SSSR count). The molecular formula is C11H15NO4S. The summed E-state index contributed by atoms with van der Waals surface area (Å²) in [6, 6.07) is 5.39. The molecule has 0 fully saturated rings. The molecule has 0 aromatic heterocycles. The molecule has 17 heavy (non-hydrogen) atoms. The lowest BCUT2D eigenvalue weighted by Gasteiger charge is -2.06. The van der Waals surface area contributed by atoms with Crippen molar-refractivity contribution < 1.29 is 17.9 Å². The van der Waals surface area contributed by atoms with E-state index in [2.05, 4.69) is 4.72 Å². The van der Waals surface area contributed by atoms with Crippen LogP contribution in [0.3, 0.4) is 0 Å². The molecule has 5 nitrogen and oxygen atoms in total. The molecule has 1 aromatic rings. The highest BCUT2D eigenvalue weighted by Gasteiger charge is 2.14. The second-order valence-corrected chi connectivity index (χ2v) is 5.75. The van der Waals surface area contributed by atoms with Gasteiger partial charge < -0.3 is 9.47 Å². The number of hydrogen-bond donors (Lipinski definition) is 1. The van der Waals surface area contributed by atoms with Crippen LogP contribution in [-0.2, 0) is 16.6 Å². The molecule has 1 aliphatic rings. The Bertz CT molecular complexity index is 498. The van der Waals surface area contributed by atoms with Gasteiger partial charge in [0.25, 0.3) is 0 Å². The molecule has 0 unspecified atom stereocenters. The molecule has 0 amide bonds. The van der Waals surface area contributed by atoms with Gasteiger partial charge in [0.15, 0.2) is 11.5 Å². The van der Waals surface area contributed by atoms with Gasteiger partial charge in [-0.25, -0.2) is 13.1 Å². The minimum Gasteiger partial charge on any atom is -0.454 e. The second-order valence-electron chi connectivity index (χ2n) is 3.83. The van der Waals surface area contributed by atoms with E-state index in [9.17, 15) is 8.42 Å². The van der Waals surface area contributed by atoms with Crippen molar-refractivity contribution in [2.75, 3.05) is 12.5 Å². The van der Waals surface area contributed by atoms with Crippen molar-refractivity contribution in [2.24, 2.45) is 0 Å². The first-order valence-corrected chi connectivity index (χ1v) is 7.12. The Morgan fingerprint density at radius 3 is 2.82 bits per heavy atom. The first-order valence-electron chi connectivity index (χ1n) is 5.46. The molecule has 0 spiro atoms. The SMILES string of the molecule is CCCS(=O)(=O)NCc1ccc2c(c1)OCO2. The fraction of sp³-hybridized carbons (Fsp3) is 0.455. The van der Waals surface area contributed by atoms with Gasteiger partial charge in [0.2, 0.25) is 16.8 Å². The van der Waals surface area contributed by atoms with Gasteiger partial charge in [-0.3, -0.25) is 0 Å². The Kier molecular flexibility index (Phi) is 3.54. The highest BCUT2D eigenvalue weighted by Crippen LogP contribution is 2.32. The second kappa shape index (κ2) is 4.93. The Labute approximate surface area is 101 Å². The zero-order valence-corrected chi connectivity index (χ0v) is 10.4. The number of hydrogen-bond acceptors (Lipinski definition) is 4. The highest BCUT2D eigenvalue weighted by molar-refractivity contribution is 7.89. The van der Waals surface area contributed by atoms with E-state index in [1.807, 2.05) is 13.0 Å². The smallest absolute Gasteiger partial charge is 0.231 e. The lowest BCUT2D eigenvalue weighted by atomic mass is 10.2. The molecule has 0 bridgehead atoms. The van der Waals surface area contributed by atoms with Crippen molar-refractivity contribution in [3.05, 3.63) is 23.8 Å². The fourth-order valence-corrected chi connectivity index (χ4v) is 2.65. The van der Waals surface area contributed by atoms with Gasteiger partial charge in [0, 0.05) is 6.54 Å². The Hall–Kier alpha value is -1.27. The van der Waals surface area contributed by atoms with Gasteiger partial charge in [-0.05, 0) is 24.1 Å². The first kappa shape index (κ1) is 12.2. The van der Waals surface area contributed by atoms with Crippen LogP contribution in [0, 0.1) is 0 Å². The average Bonchev–Trinajstić information content (AvgIpc) is 2.73. The summed E-state index contributed by atoms with van der Waals surface area (Å²) in [7, 11) is -3.17. The Balaban J connectivity index is 2.00. The number of nitrogens with one attached hydrogen (secondary N) is 1. The standard InChI is InChI=1S/C11H15NO4S/c1-2-5-17(13,14)12-7-9-3-4-10-11(6-9)16-8-15-10/h3-4,6,12H,2,5,7-8H2,1H3. The first-order chi connectivity index (χ1) is 8.11. The number of benzene rings is 1. The van der Waals surface area contributed by atoms with E-state index in [-0.39, 0.29) is 19.1 Å². The molecule has 1 aromatic carbocycles. The van der Waals surface area contributed by atoms with E-state index < -0.39 is 10.0 Å². The van der Waals surface area contributed by atoms with Crippen molar-refractivity contribution in [2.45, 2.75) is 19.9 Å². The minimum atomic E-state index is -3.17. The third kappa shape index (κ3) is 3.10. The summed E-state index contributed by atoms with van der Waals surface area (Å²) in [6.07, 6.45) is 0.608. The van der Waals surface area contributed by atoms with Gasteiger partial charge in [-0.1, -0.05) is 13.0 Å². The molecule has 0 saturated carbocycles. The van der Waals surface area contributed by atoms with Crippen LogP contribution in [0.1, 0.15) is 18.9 Å². The monoisotopic (exact) mass is 257 g/mol. The maximum absolute atomic E-state index is 11.5. The van der Waals surface area contributed by atoms with Crippen LogP contribution in [0.5, 0.6) is 11.5 Å². The van der Waals surface area contributed by atoms with E-state index in [0.717, 1.165) is 5.56 Å². The van der Waals surface area contributed by atoms with Crippen LogP contribution < -0.4 is 14.2 Å². The third-order valence-electron chi connectivity index (χ3n) is 2.41. The summed E-state index contributed by atoms with van der Waals surface area (Å²) in [4.78, 5) is 0. The number of sulfonamides is 1. The van der Waals surface area contributed by atoms with Gasteiger partial charge in [-0.2, -0.15) is 0 Å². The Morgan fingerprint density at radius 1 is 1.29 bits per heavy atom. The summed E-state index contributed by atoms with van der Waals surface area (Å²) in [5, 5.41) is 0. The van der Waals surface area contributed by atoms with E-state index in [0.29, 0.717) is 17.9 Å². The van der Waals surface area contributed by atoms with Gasteiger partial charge in [0.05, 0.1) is 5.75 Å². The van der Waals surface area contributed by atoms with E-state index in [4.69, 9.17) is 9.47 Å². The number of rotatable bonds is 5. The lowest BCUT2D eigenvalue weighted by Crippen LogP contribution is -2.25. The van der Waals surface area contributed by atoms with Crippen molar-refractivity contribution in [1.82, 2.24) is 4.72 Å². The van der Waals surface area contributed by atoms with Crippen LogP contribution in [0.25, 0.3) is 0 Å². The van der Waals surface area contributed by atoms with Gasteiger partial charge in [0.1, 0.15) is 0 Å². The van der Waals surface area contributed by atoms with Crippen molar-refractivity contribution >= 4 is 10.0 Å². The Morgan fingerprint density at radius 2 is 2.06 bits per heavy atom. The average molecular weight is 257 g/mol. The number of fused-ring (bicyclic) bond motifs is 1. The molecule has 6 heteroatoms. The quantitative estimate of drug-likeness (QED) is 0.862. The van der Waals surface area contributed by atoms with Crippen LogP contribution in [0.15, 0.2) is 18.2 Å². The van der Waals surface area contributed by atoms with Gasteiger partial charge >= 0.3 is 0 Å². The summed E-state index contributed by atoms with van der Waals surface area (Å²) >= 11 is 0. The van der Waals surface area contributed by atoms with Crippen molar-refractivity contribution in [1.29, 1.82) is 0 Å². The summed E-state index contributed by atoms with van der Waals surface area (Å²) in [5.41, 5.74) is 0.855. The number of ether oxygens (including phenoxy) is 2.